The van der Waals surface area contributed by atoms with E-state index in [9.17, 15) is 28.5 Å². The third-order valence-electron chi connectivity index (χ3n) is 9.19. The van der Waals surface area contributed by atoms with E-state index in [4.69, 9.17) is 34.7 Å². The molecule has 332 valence electrons. The molecular weight excluding hydrogens is 867 g/mol. The van der Waals surface area contributed by atoms with Gasteiger partial charge in [-0.1, -0.05) is 48.6 Å². The van der Waals surface area contributed by atoms with Gasteiger partial charge in [-0.05, 0) is 75.5 Å². The summed E-state index contributed by atoms with van der Waals surface area (Å²) in [5.41, 5.74) is 16.4. The minimum atomic E-state index is -1.05. The molecule has 1 aliphatic carbocycles. The fourth-order valence-corrected chi connectivity index (χ4v) is 9.38. The molecule has 1 aliphatic heterocycles. The van der Waals surface area contributed by atoms with Crippen molar-refractivity contribution in [3.63, 3.8) is 0 Å². The van der Waals surface area contributed by atoms with Crippen LogP contribution >= 0.6 is 24.4 Å². The maximum absolute atomic E-state index is 12.7. The molecule has 0 bridgehead atoms. The average molecular weight is 916 g/mol. The number of carbonyl (C=O) groups excluding carboxylic acids is 3. The van der Waals surface area contributed by atoms with Gasteiger partial charge in [0, 0.05) is 47.0 Å². The number of hydrogen-bond donors (Lipinski definition) is 4. The first-order chi connectivity index (χ1) is 30.2. The van der Waals surface area contributed by atoms with Crippen molar-refractivity contribution in [1.82, 2.24) is 25.5 Å². The average Bonchev–Trinajstić information content (AvgIpc) is 3.65. The van der Waals surface area contributed by atoms with E-state index in [-0.39, 0.29) is 92.1 Å². The second kappa shape index (κ2) is 28.4. The number of aromatic amines is 1. The van der Waals surface area contributed by atoms with Crippen LogP contribution in [0.2, 0.25) is 0 Å². The summed E-state index contributed by atoms with van der Waals surface area (Å²) in [6.45, 7) is -0.446. The molecule has 0 saturated carbocycles. The summed E-state index contributed by atoms with van der Waals surface area (Å²) in [6.07, 6.45) is 7.91. The van der Waals surface area contributed by atoms with Crippen LogP contribution in [0.5, 0.6) is 5.75 Å². The normalized spacial score (nSPS) is 19.6. The van der Waals surface area contributed by atoms with Crippen molar-refractivity contribution in [3.8, 4) is 17.6 Å². The number of benzene rings is 1. The van der Waals surface area contributed by atoms with E-state index >= 15 is 0 Å². The van der Waals surface area contributed by atoms with E-state index in [0.717, 1.165) is 32.1 Å². The number of ether oxygens (including phenoxy) is 5. The number of rotatable bonds is 24. The number of aromatic nitrogens is 2. The van der Waals surface area contributed by atoms with Gasteiger partial charge in [0.1, 0.15) is 37.5 Å². The van der Waals surface area contributed by atoms with Gasteiger partial charge in [-0.2, -0.15) is 0 Å². The highest BCUT2D eigenvalue weighted by molar-refractivity contribution is 8.40. The smallest absolute Gasteiger partial charge is 0.330 e. The first-order valence-corrected chi connectivity index (χ1v) is 24.4. The zero-order chi connectivity index (χ0) is 44.4. The van der Waals surface area contributed by atoms with Gasteiger partial charge in [0.05, 0.1) is 32.0 Å². The summed E-state index contributed by atoms with van der Waals surface area (Å²) in [7, 11) is 0.545. The van der Waals surface area contributed by atoms with E-state index in [2.05, 4.69) is 65.0 Å². The number of allylic oxidation sites excluding steroid dienone is 2. The standard InChI is InChI=1S/C37H48N11O11P3/c38-46-43-24-58-29-19-33(59-30(29)23-60-62-61-54)48-20-27(36(52)44-37(48)53)11-7-13-40-31(49)21-55-16-17-56-32(45-47-39)22-57-28-12-6-10-26(18-28)35(51)42-15-14-41-34(50)25-8-4-2-1-3-5-9-25/h1-2,6,10,12,18,20,25,29-30,32-33,60,62H,3-5,8-9,13-17,19,21-24H2,(H,40,49)(H,41,50)(H,42,51)(H,44,52,53)/b2-1+/t25?,29?,30-,32?,33-/m1/s1. The van der Waals surface area contributed by atoms with Gasteiger partial charge in [-0.15, -0.1) is 0 Å². The lowest BCUT2D eigenvalue weighted by Crippen LogP contribution is -2.37. The highest BCUT2D eigenvalue weighted by Crippen LogP contribution is 2.48. The Balaban J connectivity index is 1.14. The summed E-state index contributed by atoms with van der Waals surface area (Å²) < 4.78 is 40.3. The van der Waals surface area contributed by atoms with E-state index < -0.39 is 41.8 Å². The highest BCUT2D eigenvalue weighted by atomic mass is 32.4. The van der Waals surface area contributed by atoms with E-state index in [0.29, 0.717) is 32.3 Å². The third kappa shape index (κ3) is 17.7. The Morgan fingerprint density at radius 2 is 1.94 bits per heavy atom. The van der Waals surface area contributed by atoms with Crippen LogP contribution in [0, 0.1) is 17.8 Å². The lowest BCUT2D eigenvalue weighted by molar-refractivity contribution is -0.126. The molecule has 62 heavy (non-hydrogen) atoms. The number of nitrogens with one attached hydrogen (secondary N) is 4. The largest absolute Gasteiger partial charge is 0.491 e. The maximum Gasteiger partial charge on any atom is 0.330 e. The van der Waals surface area contributed by atoms with Gasteiger partial charge in [-0.3, -0.25) is 33.3 Å². The molecule has 25 heteroatoms. The molecule has 1 aromatic heterocycles. The molecular formula is C37H48N11O11P3. The molecule has 22 nitrogen and oxygen atoms in total. The predicted molar refractivity (Wildman–Crippen MR) is 230 cm³/mol. The zero-order valence-electron chi connectivity index (χ0n) is 33.6. The van der Waals surface area contributed by atoms with Gasteiger partial charge < -0.3 is 39.6 Å². The quantitative estimate of drug-likeness (QED) is 0.0220. The minimum absolute atomic E-state index is 0.00251. The van der Waals surface area contributed by atoms with Crippen molar-refractivity contribution in [2.75, 3.05) is 59.0 Å². The molecule has 5 unspecified atom stereocenters. The summed E-state index contributed by atoms with van der Waals surface area (Å²) in [4.78, 5) is 70.4. The monoisotopic (exact) mass is 915 g/mol. The van der Waals surface area contributed by atoms with Gasteiger partial charge in [0.25, 0.3) is 11.5 Å². The Hall–Kier alpha value is -5.17. The summed E-state index contributed by atoms with van der Waals surface area (Å²) in [5, 5.41) is 15.2. The number of hydrogen-bond acceptors (Lipinski definition) is 13. The maximum atomic E-state index is 12.7. The van der Waals surface area contributed by atoms with E-state index in [1.54, 1.807) is 18.2 Å². The Morgan fingerprint density at radius 3 is 2.76 bits per heavy atom. The van der Waals surface area contributed by atoms with Crippen molar-refractivity contribution in [2.24, 2.45) is 16.1 Å². The van der Waals surface area contributed by atoms with Gasteiger partial charge in [0.15, 0.2) is 14.4 Å². The molecule has 3 amide bonds. The number of nitrogens with zero attached hydrogens (tertiary/aromatic N) is 7. The van der Waals surface area contributed by atoms with Crippen molar-refractivity contribution in [2.45, 2.75) is 63.2 Å². The van der Waals surface area contributed by atoms with Crippen LogP contribution in [-0.2, 0) is 33.1 Å². The molecule has 4 rings (SSSR count). The lowest BCUT2D eigenvalue weighted by atomic mass is 9.93. The van der Waals surface area contributed by atoms with Crippen molar-refractivity contribution in [1.29, 1.82) is 0 Å². The van der Waals surface area contributed by atoms with E-state index in [1.807, 2.05) is 0 Å². The van der Waals surface area contributed by atoms with Crippen LogP contribution in [0.1, 0.15) is 60.7 Å². The SMILES string of the molecule is [N-]=[N+]=NCOC1C[C@H](n2cc(C#CCNC(=O)COCCOC(COc3cccc(C(=O)NCCNC(=O)C4CC/C=C/CCC4)c3)N=[N+]=[N-])c(=O)[nH]c2=O)O[C@@H]1CPPP=O. The molecule has 4 N–H and O–H groups in total. The van der Waals surface area contributed by atoms with Gasteiger partial charge >= 0.3 is 5.69 Å². The van der Waals surface area contributed by atoms with Crippen LogP contribution in [0.4, 0.5) is 0 Å². The fraction of sp³-hybridized carbons (Fsp3) is 0.541. The van der Waals surface area contributed by atoms with Crippen LogP contribution in [0.15, 0.2) is 62.4 Å². The van der Waals surface area contributed by atoms with Crippen LogP contribution < -0.4 is 31.9 Å². The molecule has 0 radical (unpaired) electrons. The number of carbonyl (C=O) groups is 3. The summed E-state index contributed by atoms with van der Waals surface area (Å²) >= 11 is 0. The summed E-state index contributed by atoms with van der Waals surface area (Å²) in [5.74, 6) is 4.73. The predicted octanol–water partition coefficient (Wildman–Crippen LogP) is 4.15. The van der Waals surface area contributed by atoms with Gasteiger partial charge in [0.2, 0.25) is 11.8 Å². The highest BCUT2D eigenvalue weighted by Gasteiger charge is 2.37. The number of amides is 3. The zero-order valence-corrected chi connectivity index (χ0v) is 36.5. The molecule has 0 spiro atoms. The molecule has 2 aliphatic rings. The van der Waals surface area contributed by atoms with E-state index in [1.165, 1.54) is 16.8 Å². The van der Waals surface area contributed by atoms with Gasteiger partial charge in [-0.25, -0.2) is 4.79 Å². The fourth-order valence-electron chi connectivity index (χ4n) is 6.19. The molecule has 1 aromatic carbocycles. The molecule has 1 saturated heterocycles. The lowest BCUT2D eigenvalue weighted by Gasteiger charge is -2.17. The Bertz CT molecular complexity index is 2130. The molecule has 7 atom stereocenters. The number of H-pyrrole nitrogens is 1. The summed E-state index contributed by atoms with van der Waals surface area (Å²) in [6, 6.07) is 6.40. The molecule has 2 aromatic rings. The first kappa shape index (κ1) is 49.5. The molecule has 2 heterocycles. The Morgan fingerprint density at radius 1 is 1.10 bits per heavy atom. The Kier molecular flexibility index (Phi) is 22.7. The van der Waals surface area contributed by atoms with Crippen molar-refractivity contribution < 1.29 is 42.6 Å². The van der Waals surface area contributed by atoms with Crippen molar-refractivity contribution >= 4 is 42.1 Å². The van der Waals surface area contributed by atoms with Crippen LogP contribution in [0.25, 0.3) is 20.9 Å². The first-order valence-electron chi connectivity index (χ1n) is 19.6. The topological polar surface area (TPSA) is 303 Å². The molecule has 1 fully saturated rings. The second-order valence-corrected chi connectivity index (χ2v) is 18.9. The van der Waals surface area contributed by atoms with Crippen LogP contribution in [0.3, 0.4) is 0 Å². The second-order valence-electron chi connectivity index (χ2n) is 13.4. The van der Waals surface area contributed by atoms with Crippen LogP contribution in [-0.4, -0.2) is 105 Å². The Labute approximate surface area is 360 Å². The number of azide groups is 2. The van der Waals surface area contributed by atoms with Crippen molar-refractivity contribution in [3.05, 3.63) is 95.5 Å². The third-order valence-corrected chi connectivity index (χ3v) is 13.6. The minimum Gasteiger partial charge on any atom is -0.491 e.